The second kappa shape index (κ2) is 6.95. The van der Waals surface area contributed by atoms with Gasteiger partial charge in [0.15, 0.2) is 0 Å². The Bertz CT molecular complexity index is 367. The number of methoxy groups -OCH3 is 1. The Labute approximate surface area is 117 Å². The van der Waals surface area contributed by atoms with Gasteiger partial charge in [-0.2, -0.15) is 0 Å². The van der Waals surface area contributed by atoms with Crippen molar-refractivity contribution in [3.8, 4) is 5.75 Å². The van der Waals surface area contributed by atoms with Gasteiger partial charge in [-0.05, 0) is 42.5 Å². The lowest BCUT2D eigenvalue weighted by Crippen LogP contribution is -2.36. The third-order valence-electron chi connectivity index (χ3n) is 4.26. The second-order valence-electron chi connectivity index (χ2n) is 6.07. The quantitative estimate of drug-likeness (QED) is 0.809. The summed E-state index contributed by atoms with van der Waals surface area (Å²) in [6, 6.07) is 9.14. The molecule has 1 aliphatic rings. The first-order valence-electron chi connectivity index (χ1n) is 7.55. The number of hydrogen-bond donors (Lipinski definition) is 1. The zero-order valence-electron chi connectivity index (χ0n) is 12.5. The molecule has 0 amide bonds. The van der Waals surface area contributed by atoms with Crippen molar-refractivity contribution in [3.05, 3.63) is 29.8 Å². The zero-order chi connectivity index (χ0) is 13.7. The Kier molecular flexibility index (Phi) is 5.26. The van der Waals surface area contributed by atoms with E-state index >= 15 is 0 Å². The van der Waals surface area contributed by atoms with E-state index in [0.717, 1.165) is 24.1 Å². The van der Waals surface area contributed by atoms with Crippen LogP contribution in [-0.2, 0) is 6.42 Å². The number of rotatable bonds is 7. The molecule has 106 valence electrons. The maximum absolute atomic E-state index is 5.22. The van der Waals surface area contributed by atoms with Crippen molar-refractivity contribution >= 4 is 0 Å². The lowest BCUT2D eigenvalue weighted by atomic mass is 9.73. The van der Waals surface area contributed by atoms with Crippen LogP contribution >= 0.6 is 0 Å². The molecule has 0 spiro atoms. The minimum Gasteiger partial charge on any atom is -0.497 e. The SMILES string of the molecule is COc1ccc(CC(CNC(C)C)C2CCC2)cc1. The molecule has 1 atom stereocenters. The molecule has 0 aromatic heterocycles. The zero-order valence-corrected chi connectivity index (χ0v) is 12.5. The topological polar surface area (TPSA) is 21.3 Å². The Balaban J connectivity index is 1.93. The van der Waals surface area contributed by atoms with Crippen LogP contribution in [0.5, 0.6) is 5.75 Å². The van der Waals surface area contributed by atoms with Gasteiger partial charge < -0.3 is 10.1 Å². The largest absolute Gasteiger partial charge is 0.497 e. The fraction of sp³-hybridized carbons (Fsp3) is 0.647. The smallest absolute Gasteiger partial charge is 0.118 e. The van der Waals surface area contributed by atoms with Crippen molar-refractivity contribution in [3.63, 3.8) is 0 Å². The third kappa shape index (κ3) is 4.24. The van der Waals surface area contributed by atoms with E-state index in [1.165, 1.54) is 31.2 Å². The summed E-state index contributed by atoms with van der Waals surface area (Å²) in [5.74, 6) is 2.65. The second-order valence-corrected chi connectivity index (χ2v) is 6.07. The van der Waals surface area contributed by atoms with Crippen LogP contribution < -0.4 is 10.1 Å². The molecule has 2 rings (SSSR count). The monoisotopic (exact) mass is 261 g/mol. The Morgan fingerprint density at radius 2 is 1.89 bits per heavy atom. The van der Waals surface area contributed by atoms with E-state index < -0.39 is 0 Å². The van der Waals surface area contributed by atoms with Crippen molar-refractivity contribution in [1.82, 2.24) is 5.32 Å². The van der Waals surface area contributed by atoms with Gasteiger partial charge in [-0.15, -0.1) is 0 Å². The molecule has 1 saturated carbocycles. The van der Waals surface area contributed by atoms with Gasteiger partial charge in [0.25, 0.3) is 0 Å². The van der Waals surface area contributed by atoms with Crippen LogP contribution in [0.1, 0.15) is 38.7 Å². The predicted molar refractivity (Wildman–Crippen MR) is 80.7 cm³/mol. The molecule has 1 aromatic carbocycles. The van der Waals surface area contributed by atoms with Crippen molar-refractivity contribution in [2.75, 3.05) is 13.7 Å². The highest BCUT2D eigenvalue weighted by atomic mass is 16.5. The molecular weight excluding hydrogens is 234 g/mol. The molecule has 0 aliphatic heterocycles. The molecule has 1 N–H and O–H groups in total. The minimum atomic E-state index is 0.582. The Morgan fingerprint density at radius 3 is 2.37 bits per heavy atom. The number of hydrogen-bond acceptors (Lipinski definition) is 2. The van der Waals surface area contributed by atoms with Gasteiger partial charge in [0.1, 0.15) is 5.75 Å². The summed E-state index contributed by atoms with van der Waals surface area (Å²) in [4.78, 5) is 0. The Morgan fingerprint density at radius 1 is 1.21 bits per heavy atom. The third-order valence-corrected chi connectivity index (χ3v) is 4.26. The first-order chi connectivity index (χ1) is 9.19. The Hall–Kier alpha value is -1.02. The lowest BCUT2D eigenvalue weighted by molar-refractivity contribution is 0.197. The van der Waals surface area contributed by atoms with E-state index in [1.807, 2.05) is 0 Å². The van der Waals surface area contributed by atoms with Crippen molar-refractivity contribution in [2.45, 2.75) is 45.6 Å². The van der Waals surface area contributed by atoms with Crippen LogP contribution in [-0.4, -0.2) is 19.7 Å². The van der Waals surface area contributed by atoms with Crippen LogP contribution in [0.15, 0.2) is 24.3 Å². The van der Waals surface area contributed by atoms with E-state index in [2.05, 4.69) is 43.4 Å². The fourth-order valence-electron chi connectivity index (χ4n) is 2.77. The molecule has 0 bridgehead atoms. The number of ether oxygens (including phenoxy) is 1. The summed E-state index contributed by atoms with van der Waals surface area (Å²) in [6.45, 7) is 5.60. The summed E-state index contributed by atoms with van der Waals surface area (Å²) in [7, 11) is 1.72. The van der Waals surface area contributed by atoms with Crippen LogP contribution in [0.4, 0.5) is 0 Å². The molecule has 1 aromatic rings. The van der Waals surface area contributed by atoms with Gasteiger partial charge in [0.2, 0.25) is 0 Å². The summed E-state index contributed by atoms with van der Waals surface area (Å²) in [5, 5.41) is 3.61. The predicted octanol–water partition coefficient (Wildman–Crippen LogP) is 3.65. The van der Waals surface area contributed by atoms with Gasteiger partial charge >= 0.3 is 0 Å². The summed E-state index contributed by atoms with van der Waals surface area (Å²) in [5.41, 5.74) is 1.43. The number of nitrogens with one attached hydrogen (secondary N) is 1. The van der Waals surface area contributed by atoms with E-state index in [9.17, 15) is 0 Å². The van der Waals surface area contributed by atoms with Gasteiger partial charge in [-0.25, -0.2) is 0 Å². The average Bonchev–Trinajstić information content (AvgIpc) is 2.34. The molecule has 0 radical (unpaired) electrons. The van der Waals surface area contributed by atoms with Gasteiger partial charge in [0.05, 0.1) is 7.11 Å². The van der Waals surface area contributed by atoms with E-state index in [4.69, 9.17) is 4.74 Å². The number of benzene rings is 1. The standard InChI is InChI=1S/C17H27NO/c1-13(2)18-12-16(15-5-4-6-15)11-14-7-9-17(19-3)10-8-14/h7-10,13,15-16,18H,4-6,11-12H2,1-3H3. The first-order valence-corrected chi connectivity index (χ1v) is 7.55. The molecule has 1 unspecified atom stereocenters. The van der Waals surface area contributed by atoms with Gasteiger partial charge in [-0.3, -0.25) is 0 Å². The molecule has 0 saturated heterocycles. The van der Waals surface area contributed by atoms with Crippen molar-refractivity contribution < 1.29 is 4.74 Å². The molecule has 2 nitrogen and oxygen atoms in total. The maximum Gasteiger partial charge on any atom is 0.118 e. The molecule has 0 heterocycles. The van der Waals surface area contributed by atoms with E-state index in [1.54, 1.807) is 7.11 Å². The highest BCUT2D eigenvalue weighted by Gasteiger charge is 2.27. The fourth-order valence-corrected chi connectivity index (χ4v) is 2.77. The van der Waals surface area contributed by atoms with E-state index in [-0.39, 0.29) is 0 Å². The summed E-state index contributed by atoms with van der Waals surface area (Å²) < 4.78 is 5.22. The van der Waals surface area contributed by atoms with Crippen LogP contribution in [0.25, 0.3) is 0 Å². The minimum absolute atomic E-state index is 0.582. The van der Waals surface area contributed by atoms with Crippen LogP contribution in [0.2, 0.25) is 0 Å². The van der Waals surface area contributed by atoms with Crippen LogP contribution in [0.3, 0.4) is 0 Å². The molecular formula is C17H27NO. The summed E-state index contributed by atoms with van der Waals surface area (Å²) >= 11 is 0. The van der Waals surface area contributed by atoms with Gasteiger partial charge in [0, 0.05) is 6.04 Å². The highest BCUT2D eigenvalue weighted by molar-refractivity contribution is 5.27. The summed E-state index contributed by atoms with van der Waals surface area (Å²) in [6.07, 6.45) is 5.45. The molecule has 1 aliphatic carbocycles. The molecule has 2 heteroatoms. The first kappa shape index (κ1) is 14.4. The van der Waals surface area contributed by atoms with E-state index in [0.29, 0.717) is 6.04 Å². The molecule has 19 heavy (non-hydrogen) atoms. The van der Waals surface area contributed by atoms with Crippen LogP contribution in [0, 0.1) is 11.8 Å². The lowest BCUT2D eigenvalue weighted by Gasteiger charge is -2.34. The normalized spacial score (nSPS) is 17.3. The van der Waals surface area contributed by atoms with Crippen molar-refractivity contribution in [1.29, 1.82) is 0 Å². The maximum atomic E-state index is 5.22. The average molecular weight is 261 g/mol. The molecule has 1 fully saturated rings. The van der Waals surface area contributed by atoms with Crippen molar-refractivity contribution in [2.24, 2.45) is 11.8 Å². The highest BCUT2D eigenvalue weighted by Crippen LogP contribution is 2.35. The van der Waals surface area contributed by atoms with Gasteiger partial charge in [-0.1, -0.05) is 45.2 Å².